The van der Waals surface area contributed by atoms with Gasteiger partial charge in [0.25, 0.3) is 0 Å². The van der Waals surface area contributed by atoms with Crippen molar-refractivity contribution in [2.75, 3.05) is 11.5 Å². The van der Waals surface area contributed by atoms with E-state index in [1.165, 1.54) is 12.2 Å². The molecule has 2 N–H and O–H groups in total. The van der Waals surface area contributed by atoms with Gasteiger partial charge in [0.1, 0.15) is 11.9 Å². The van der Waals surface area contributed by atoms with Gasteiger partial charge in [-0.3, -0.25) is 0 Å². The van der Waals surface area contributed by atoms with Crippen LogP contribution in [0, 0.1) is 0 Å². The maximum atomic E-state index is 5.97. The van der Waals surface area contributed by atoms with Gasteiger partial charge in [-0.25, -0.2) is 0 Å². The predicted octanol–water partition coefficient (Wildman–Crippen LogP) is 2.47. The lowest BCUT2D eigenvalue weighted by atomic mass is 10.2. The molecule has 1 aromatic heterocycles. The second-order valence-corrected chi connectivity index (χ2v) is 5.85. The highest BCUT2D eigenvalue weighted by molar-refractivity contribution is 7.99. The zero-order chi connectivity index (χ0) is 13.8. The summed E-state index contributed by atoms with van der Waals surface area (Å²) in [5, 5.41) is 3.89. The molecule has 0 radical (unpaired) electrons. The van der Waals surface area contributed by atoms with Crippen LogP contribution in [-0.2, 0) is 6.54 Å². The van der Waals surface area contributed by atoms with Gasteiger partial charge in [0.2, 0.25) is 11.7 Å². The van der Waals surface area contributed by atoms with E-state index in [0.717, 1.165) is 23.5 Å². The van der Waals surface area contributed by atoms with Crippen LogP contribution in [0.5, 0.6) is 5.75 Å². The zero-order valence-electron chi connectivity index (χ0n) is 11.1. The van der Waals surface area contributed by atoms with E-state index in [0.29, 0.717) is 17.8 Å². The third-order valence-electron chi connectivity index (χ3n) is 3.18. The molecule has 2 heterocycles. The van der Waals surface area contributed by atoms with Crippen molar-refractivity contribution in [1.82, 2.24) is 10.1 Å². The molecular formula is C14H17N3O2S. The van der Waals surface area contributed by atoms with Crippen molar-refractivity contribution in [2.24, 2.45) is 5.73 Å². The summed E-state index contributed by atoms with van der Waals surface area (Å²) in [5.74, 6) is 4.22. The van der Waals surface area contributed by atoms with Crippen LogP contribution in [0.2, 0.25) is 0 Å². The minimum Gasteiger partial charge on any atom is -0.490 e. The minimum atomic E-state index is 0.257. The molecule has 6 heteroatoms. The number of hydrogen-bond acceptors (Lipinski definition) is 6. The summed E-state index contributed by atoms with van der Waals surface area (Å²) in [6.45, 7) is 0.257. The van der Waals surface area contributed by atoms with Crippen molar-refractivity contribution < 1.29 is 9.26 Å². The van der Waals surface area contributed by atoms with E-state index in [-0.39, 0.29) is 6.54 Å². The molecule has 3 rings (SSSR count). The van der Waals surface area contributed by atoms with Crippen molar-refractivity contribution in [3.8, 4) is 17.1 Å². The number of hydrogen-bond donors (Lipinski definition) is 1. The van der Waals surface area contributed by atoms with Crippen LogP contribution < -0.4 is 10.5 Å². The number of benzene rings is 1. The van der Waals surface area contributed by atoms with Gasteiger partial charge in [-0.15, -0.1) is 0 Å². The van der Waals surface area contributed by atoms with E-state index in [9.17, 15) is 0 Å². The Balaban J connectivity index is 1.67. The molecule has 0 amide bonds. The van der Waals surface area contributed by atoms with Gasteiger partial charge in [-0.05, 0) is 42.9 Å². The molecule has 1 aliphatic rings. The summed E-state index contributed by atoms with van der Waals surface area (Å²) in [7, 11) is 0. The number of nitrogens with zero attached hydrogens (tertiary/aromatic N) is 2. The quantitative estimate of drug-likeness (QED) is 0.932. The first kappa shape index (κ1) is 13.5. The molecule has 1 unspecified atom stereocenters. The van der Waals surface area contributed by atoms with Crippen molar-refractivity contribution in [3.63, 3.8) is 0 Å². The van der Waals surface area contributed by atoms with Gasteiger partial charge >= 0.3 is 0 Å². The van der Waals surface area contributed by atoms with Crippen molar-refractivity contribution in [1.29, 1.82) is 0 Å². The fraction of sp³-hybridized carbons (Fsp3) is 0.429. The van der Waals surface area contributed by atoms with Crippen LogP contribution in [-0.4, -0.2) is 27.8 Å². The summed E-state index contributed by atoms with van der Waals surface area (Å²) in [5.41, 5.74) is 6.35. The fourth-order valence-electron chi connectivity index (χ4n) is 2.13. The van der Waals surface area contributed by atoms with Crippen LogP contribution in [0.1, 0.15) is 18.7 Å². The molecule has 1 aromatic carbocycles. The molecule has 1 fully saturated rings. The Kier molecular flexibility index (Phi) is 4.22. The molecular weight excluding hydrogens is 274 g/mol. The third kappa shape index (κ3) is 3.13. The SMILES string of the molecule is NCc1nc(-c2ccc(OC3CCCSC3)cc2)no1. The van der Waals surface area contributed by atoms with Crippen molar-refractivity contribution in [2.45, 2.75) is 25.5 Å². The van der Waals surface area contributed by atoms with Crippen LogP contribution in [0.15, 0.2) is 28.8 Å². The Bertz CT molecular complexity index is 550. The summed E-state index contributed by atoms with van der Waals surface area (Å²) in [4.78, 5) is 4.20. The molecule has 0 saturated carbocycles. The Hall–Kier alpha value is -1.53. The monoisotopic (exact) mass is 291 g/mol. The summed E-state index contributed by atoms with van der Waals surface area (Å²) >= 11 is 1.96. The van der Waals surface area contributed by atoms with Gasteiger partial charge in [0, 0.05) is 11.3 Å². The first-order valence-corrected chi connectivity index (χ1v) is 7.88. The Morgan fingerprint density at radius 2 is 2.20 bits per heavy atom. The highest BCUT2D eigenvalue weighted by Crippen LogP contribution is 2.24. The number of aromatic nitrogens is 2. The normalized spacial score (nSPS) is 18.9. The smallest absolute Gasteiger partial charge is 0.240 e. The summed E-state index contributed by atoms with van der Waals surface area (Å²) < 4.78 is 11.0. The molecule has 2 aromatic rings. The van der Waals surface area contributed by atoms with Crippen molar-refractivity contribution in [3.05, 3.63) is 30.2 Å². The topological polar surface area (TPSA) is 74.2 Å². The standard InChI is InChI=1S/C14H17N3O2S/c15-8-13-16-14(17-19-13)10-3-5-11(6-4-10)18-12-2-1-7-20-9-12/h3-6,12H,1-2,7-9,15H2. The van der Waals surface area contributed by atoms with Gasteiger partial charge in [-0.1, -0.05) is 5.16 Å². The first-order chi connectivity index (χ1) is 9.85. The maximum Gasteiger partial charge on any atom is 0.240 e. The number of rotatable bonds is 4. The van der Waals surface area contributed by atoms with Gasteiger partial charge in [0.15, 0.2) is 0 Å². The predicted molar refractivity (Wildman–Crippen MR) is 78.6 cm³/mol. The molecule has 1 aliphatic heterocycles. The maximum absolute atomic E-state index is 5.97. The molecule has 20 heavy (non-hydrogen) atoms. The van der Waals surface area contributed by atoms with Crippen LogP contribution in [0.3, 0.4) is 0 Å². The first-order valence-electron chi connectivity index (χ1n) is 6.72. The van der Waals surface area contributed by atoms with Gasteiger partial charge in [-0.2, -0.15) is 16.7 Å². The lowest BCUT2D eigenvalue weighted by Gasteiger charge is -2.22. The molecule has 0 bridgehead atoms. The number of nitrogens with two attached hydrogens (primary N) is 1. The molecule has 1 atom stereocenters. The lowest BCUT2D eigenvalue weighted by Crippen LogP contribution is -2.23. The van der Waals surface area contributed by atoms with Gasteiger partial charge in [0.05, 0.1) is 6.54 Å². The van der Waals surface area contributed by atoms with E-state index in [1.54, 1.807) is 0 Å². The highest BCUT2D eigenvalue weighted by Gasteiger charge is 2.15. The molecule has 1 saturated heterocycles. The van der Waals surface area contributed by atoms with E-state index in [4.69, 9.17) is 15.0 Å². The number of ether oxygens (including phenoxy) is 1. The molecule has 0 spiro atoms. The average Bonchev–Trinajstić information content (AvgIpc) is 2.98. The average molecular weight is 291 g/mol. The van der Waals surface area contributed by atoms with E-state index >= 15 is 0 Å². The summed E-state index contributed by atoms with van der Waals surface area (Å²) in [6.07, 6.45) is 2.70. The number of thioether (sulfide) groups is 1. The van der Waals surface area contributed by atoms with Crippen LogP contribution in [0.4, 0.5) is 0 Å². The van der Waals surface area contributed by atoms with Crippen LogP contribution >= 0.6 is 11.8 Å². The molecule has 106 valence electrons. The lowest BCUT2D eigenvalue weighted by molar-refractivity contribution is 0.211. The van der Waals surface area contributed by atoms with Crippen LogP contribution in [0.25, 0.3) is 11.4 Å². The Morgan fingerprint density at radius 1 is 1.35 bits per heavy atom. The Labute approximate surface area is 121 Å². The highest BCUT2D eigenvalue weighted by atomic mass is 32.2. The zero-order valence-corrected chi connectivity index (χ0v) is 11.9. The van der Waals surface area contributed by atoms with Crippen molar-refractivity contribution >= 4 is 11.8 Å². The molecule has 5 nitrogen and oxygen atoms in total. The minimum absolute atomic E-state index is 0.257. The third-order valence-corrected chi connectivity index (χ3v) is 4.36. The van der Waals surface area contributed by atoms with Gasteiger partial charge < -0.3 is 15.0 Å². The largest absolute Gasteiger partial charge is 0.490 e. The second-order valence-electron chi connectivity index (χ2n) is 4.70. The second kappa shape index (κ2) is 6.28. The van der Waals surface area contributed by atoms with E-state index < -0.39 is 0 Å². The van der Waals surface area contributed by atoms with E-state index in [2.05, 4.69) is 10.1 Å². The van der Waals surface area contributed by atoms with E-state index in [1.807, 2.05) is 36.0 Å². The molecule has 0 aliphatic carbocycles. The fourth-order valence-corrected chi connectivity index (χ4v) is 3.17. The summed E-state index contributed by atoms with van der Waals surface area (Å²) in [6, 6.07) is 7.78. The Morgan fingerprint density at radius 3 is 2.85 bits per heavy atom.